The van der Waals surface area contributed by atoms with Crippen molar-refractivity contribution in [3.8, 4) is 5.75 Å². The zero-order valence-electron chi connectivity index (χ0n) is 11.4. The lowest BCUT2D eigenvalue weighted by Gasteiger charge is -2.08. The van der Waals surface area contributed by atoms with Crippen molar-refractivity contribution >= 4 is 33.1 Å². The Hall–Kier alpha value is -2.67. The van der Waals surface area contributed by atoms with Crippen LogP contribution in [-0.4, -0.2) is 16.0 Å². The third-order valence-electron chi connectivity index (χ3n) is 3.19. The SMILES string of the molecule is Cc1ccc(NC(=O)c2c(O)c3sccc3[nH]c2=O)c(F)c1. The maximum atomic E-state index is 13.8. The fourth-order valence-electron chi connectivity index (χ4n) is 2.11. The monoisotopic (exact) mass is 318 g/mol. The summed E-state index contributed by atoms with van der Waals surface area (Å²) in [6.45, 7) is 1.72. The van der Waals surface area contributed by atoms with Crippen LogP contribution in [-0.2, 0) is 0 Å². The normalized spacial score (nSPS) is 10.8. The van der Waals surface area contributed by atoms with Gasteiger partial charge in [-0.25, -0.2) is 4.39 Å². The Kier molecular flexibility index (Phi) is 3.42. The molecular formula is C15H11FN2O3S. The van der Waals surface area contributed by atoms with Gasteiger partial charge in [0.25, 0.3) is 11.5 Å². The van der Waals surface area contributed by atoms with Crippen molar-refractivity contribution in [2.75, 3.05) is 5.32 Å². The van der Waals surface area contributed by atoms with Crippen molar-refractivity contribution in [3.63, 3.8) is 0 Å². The summed E-state index contributed by atoms with van der Waals surface area (Å²) >= 11 is 1.19. The van der Waals surface area contributed by atoms with Gasteiger partial charge in [-0.3, -0.25) is 9.59 Å². The number of aromatic nitrogens is 1. The van der Waals surface area contributed by atoms with Crippen molar-refractivity contribution < 1.29 is 14.3 Å². The van der Waals surface area contributed by atoms with E-state index in [0.29, 0.717) is 15.8 Å². The summed E-state index contributed by atoms with van der Waals surface area (Å²) in [7, 11) is 0. The van der Waals surface area contributed by atoms with Gasteiger partial charge in [-0.15, -0.1) is 11.3 Å². The number of carbonyl (C=O) groups is 1. The Morgan fingerprint density at radius 1 is 1.36 bits per heavy atom. The van der Waals surface area contributed by atoms with Crippen LogP contribution in [0.25, 0.3) is 10.2 Å². The number of halogens is 1. The second-order valence-electron chi connectivity index (χ2n) is 4.78. The van der Waals surface area contributed by atoms with Crippen LogP contribution in [0.5, 0.6) is 5.75 Å². The van der Waals surface area contributed by atoms with Crippen LogP contribution in [0.4, 0.5) is 10.1 Å². The zero-order chi connectivity index (χ0) is 15.9. The second-order valence-corrected chi connectivity index (χ2v) is 5.69. The van der Waals surface area contributed by atoms with E-state index in [-0.39, 0.29) is 5.69 Å². The summed E-state index contributed by atoms with van der Waals surface area (Å²) in [5, 5.41) is 14.1. The van der Waals surface area contributed by atoms with Gasteiger partial charge in [0.1, 0.15) is 11.4 Å². The van der Waals surface area contributed by atoms with Crippen LogP contribution in [0.3, 0.4) is 0 Å². The van der Waals surface area contributed by atoms with E-state index in [2.05, 4.69) is 10.3 Å². The fourth-order valence-corrected chi connectivity index (χ4v) is 2.91. The molecule has 0 aliphatic carbocycles. The summed E-state index contributed by atoms with van der Waals surface area (Å²) in [6.07, 6.45) is 0. The molecule has 0 unspecified atom stereocenters. The molecule has 3 rings (SSSR count). The molecule has 3 aromatic rings. The first-order chi connectivity index (χ1) is 10.5. The van der Waals surface area contributed by atoms with Crippen molar-refractivity contribution in [3.05, 3.63) is 56.9 Å². The summed E-state index contributed by atoms with van der Waals surface area (Å²) in [5.41, 5.74) is -0.0641. The summed E-state index contributed by atoms with van der Waals surface area (Å²) in [6, 6.07) is 5.92. The Labute approximate surface area is 128 Å². The van der Waals surface area contributed by atoms with Gasteiger partial charge in [0.05, 0.1) is 15.9 Å². The number of pyridine rings is 1. The largest absolute Gasteiger partial charge is 0.505 e. The number of fused-ring (bicyclic) bond motifs is 1. The van der Waals surface area contributed by atoms with Gasteiger partial charge >= 0.3 is 0 Å². The van der Waals surface area contributed by atoms with Gasteiger partial charge in [-0.05, 0) is 36.1 Å². The highest BCUT2D eigenvalue weighted by atomic mass is 32.1. The molecule has 2 heterocycles. The molecule has 0 spiro atoms. The highest BCUT2D eigenvalue weighted by molar-refractivity contribution is 7.17. The van der Waals surface area contributed by atoms with E-state index in [1.54, 1.807) is 24.4 Å². The van der Waals surface area contributed by atoms with Crippen LogP contribution < -0.4 is 10.9 Å². The molecule has 0 saturated carbocycles. The van der Waals surface area contributed by atoms with Crippen molar-refractivity contribution in [1.29, 1.82) is 0 Å². The first-order valence-corrected chi connectivity index (χ1v) is 7.25. The fraction of sp³-hybridized carbons (Fsp3) is 0.0667. The lowest BCUT2D eigenvalue weighted by molar-refractivity contribution is 0.102. The quantitative estimate of drug-likeness (QED) is 0.679. The number of aromatic amines is 1. The Morgan fingerprint density at radius 2 is 2.14 bits per heavy atom. The maximum Gasteiger partial charge on any atom is 0.265 e. The number of thiophene rings is 1. The van der Waals surface area contributed by atoms with E-state index in [1.807, 2.05) is 0 Å². The average molecular weight is 318 g/mol. The highest BCUT2D eigenvalue weighted by Gasteiger charge is 2.20. The smallest absolute Gasteiger partial charge is 0.265 e. The topological polar surface area (TPSA) is 82.2 Å². The van der Waals surface area contributed by atoms with Crippen LogP contribution in [0.1, 0.15) is 15.9 Å². The molecule has 1 amide bonds. The number of amides is 1. The summed E-state index contributed by atoms with van der Waals surface area (Å²) in [5.74, 6) is -1.88. The number of hydrogen-bond acceptors (Lipinski definition) is 4. The predicted octanol–water partition coefficient (Wildman–Crippen LogP) is 3.00. The lowest BCUT2D eigenvalue weighted by atomic mass is 10.2. The Balaban J connectivity index is 2.03. The van der Waals surface area contributed by atoms with Crippen LogP contribution in [0.15, 0.2) is 34.4 Å². The van der Waals surface area contributed by atoms with Crippen LogP contribution in [0, 0.1) is 12.7 Å². The molecule has 0 fully saturated rings. The number of hydrogen-bond donors (Lipinski definition) is 3. The average Bonchev–Trinajstić information content (AvgIpc) is 2.90. The lowest BCUT2D eigenvalue weighted by Crippen LogP contribution is -2.23. The number of aryl methyl sites for hydroxylation is 1. The Bertz CT molecular complexity index is 946. The molecule has 112 valence electrons. The van der Waals surface area contributed by atoms with E-state index >= 15 is 0 Å². The first kappa shape index (κ1) is 14.3. The molecule has 5 nitrogen and oxygen atoms in total. The highest BCUT2D eigenvalue weighted by Crippen LogP contribution is 2.30. The van der Waals surface area contributed by atoms with Gasteiger partial charge in [0, 0.05) is 0 Å². The minimum atomic E-state index is -0.864. The zero-order valence-corrected chi connectivity index (χ0v) is 12.3. The maximum absolute atomic E-state index is 13.8. The second kappa shape index (κ2) is 5.27. The third-order valence-corrected chi connectivity index (χ3v) is 4.11. The van der Waals surface area contributed by atoms with E-state index in [9.17, 15) is 19.1 Å². The molecule has 7 heteroatoms. The molecule has 0 saturated heterocycles. The summed E-state index contributed by atoms with van der Waals surface area (Å²) in [4.78, 5) is 26.7. The van der Waals surface area contributed by atoms with Gasteiger partial charge in [-0.2, -0.15) is 0 Å². The Morgan fingerprint density at radius 3 is 2.86 bits per heavy atom. The predicted molar refractivity (Wildman–Crippen MR) is 83.2 cm³/mol. The van der Waals surface area contributed by atoms with Crippen molar-refractivity contribution in [2.24, 2.45) is 0 Å². The van der Waals surface area contributed by atoms with Crippen molar-refractivity contribution in [2.45, 2.75) is 6.92 Å². The minimum absolute atomic E-state index is 0.0549. The van der Waals surface area contributed by atoms with Crippen molar-refractivity contribution in [1.82, 2.24) is 4.98 Å². The molecule has 0 aliphatic rings. The number of anilines is 1. The molecule has 3 N–H and O–H groups in total. The number of rotatable bonds is 2. The summed E-state index contributed by atoms with van der Waals surface area (Å²) < 4.78 is 14.2. The molecular weight excluding hydrogens is 307 g/mol. The van der Waals surface area contributed by atoms with Gasteiger partial charge < -0.3 is 15.4 Å². The minimum Gasteiger partial charge on any atom is -0.505 e. The molecule has 1 aromatic carbocycles. The van der Waals surface area contributed by atoms with Crippen LogP contribution in [0.2, 0.25) is 0 Å². The molecule has 2 aromatic heterocycles. The number of benzene rings is 1. The van der Waals surface area contributed by atoms with E-state index in [0.717, 1.165) is 0 Å². The molecule has 0 atom stereocenters. The van der Waals surface area contributed by atoms with E-state index in [1.165, 1.54) is 23.5 Å². The molecule has 0 aliphatic heterocycles. The first-order valence-electron chi connectivity index (χ1n) is 6.37. The number of H-pyrrole nitrogens is 1. The van der Waals surface area contributed by atoms with E-state index in [4.69, 9.17) is 0 Å². The third kappa shape index (κ3) is 2.35. The number of aromatic hydroxyl groups is 1. The van der Waals surface area contributed by atoms with Gasteiger partial charge in [0.2, 0.25) is 0 Å². The van der Waals surface area contributed by atoms with Crippen LogP contribution >= 0.6 is 11.3 Å². The molecule has 0 radical (unpaired) electrons. The standard InChI is InChI=1S/C15H11FN2O3S/c1-7-2-3-9(8(16)6-7)17-14(20)11-12(19)13-10(4-5-22-13)18-15(11)21/h2-6H,1H3,(H,17,20)(H2,18,19,21). The van der Waals surface area contributed by atoms with Gasteiger partial charge in [0.15, 0.2) is 5.75 Å². The van der Waals surface area contributed by atoms with Gasteiger partial charge in [-0.1, -0.05) is 6.07 Å². The molecule has 22 heavy (non-hydrogen) atoms. The number of nitrogens with one attached hydrogen (secondary N) is 2. The van der Waals surface area contributed by atoms with E-state index < -0.39 is 28.6 Å². The molecule has 0 bridgehead atoms. The number of carbonyl (C=O) groups excluding carboxylic acids is 1.